The molecule has 0 spiro atoms. The van der Waals surface area contributed by atoms with Crippen molar-refractivity contribution in [2.45, 2.75) is 24.8 Å². The highest BCUT2D eigenvalue weighted by Crippen LogP contribution is 2.43. The van der Waals surface area contributed by atoms with Gasteiger partial charge in [0.25, 0.3) is 0 Å². The second-order valence-corrected chi connectivity index (χ2v) is 4.54. The molecule has 1 aliphatic heterocycles. The Morgan fingerprint density at radius 3 is 3.00 bits per heavy atom. The van der Waals surface area contributed by atoms with E-state index in [4.69, 9.17) is 5.11 Å². The number of carboxylic acids is 1. The van der Waals surface area contributed by atoms with E-state index >= 15 is 0 Å². The fraction of sp³-hybridized carbons (Fsp3) is 0.308. The Morgan fingerprint density at radius 2 is 2.24 bits per heavy atom. The van der Waals surface area contributed by atoms with Crippen LogP contribution in [0.4, 0.5) is 5.69 Å². The molecule has 1 heterocycles. The van der Waals surface area contributed by atoms with Gasteiger partial charge in [0.2, 0.25) is 0 Å². The van der Waals surface area contributed by atoms with Crippen molar-refractivity contribution in [2.75, 3.05) is 5.32 Å². The second kappa shape index (κ2) is 3.52. The molecule has 0 bridgehead atoms. The molecule has 0 saturated carbocycles. The van der Waals surface area contributed by atoms with Gasteiger partial charge in [0, 0.05) is 23.7 Å². The van der Waals surface area contributed by atoms with E-state index in [0.717, 1.165) is 24.1 Å². The van der Waals surface area contributed by atoms with Crippen molar-refractivity contribution in [3.05, 3.63) is 35.4 Å². The summed E-state index contributed by atoms with van der Waals surface area (Å²) in [5, 5.41) is 22.0. The van der Waals surface area contributed by atoms with Gasteiger partial charge in [0.1, 0.15) is 11.3 Å². The summed E-state index contributed by atoms with van der Waals surface area (Å²) in [6.45, 7) is 0. The number of allylic oxidation sites excluding steroid dienone is 1. The Morgan fingerprint density at radius 1 is 1.41 bits per heavy atom. The van der Waals surface area contributed by atoms with Crippen molar-refractivity contribution in [3.8, 4) is 5.75 Å². The quantitative estimate of drug-likeness (QED) is 0.649. The Labute approximate surface area is 98.6 Å². The summed E-state index contributed by atoms with van der Waals surface area (Å²) >= 11 is 0. The number of anilines is 1. The Hall–Kier alpha value is -1.97. The molecule has 2 atom stereocenters. The fourth-order valence-electron chi connectivity index (χ4n) is 2.69. The second-order valence-electron chi connectivity index (χ2n) is 4.54. The predicted octanol–water partition coefficient (Wildman–Crippen LogP) is 2.32. The minimum Gasteiger partial charge on any atom is -0.507 e. The van der Waals surface area contributed by atoms with Gasteiger partial charge in [0.15, 0.2) is 0 Å². The van der Waals surface area contributed by atoms with Crippen LogP contribution in [0.2, 0.25) is 0 Å². The van der Waals surface area contributed by atoms with E-state index in [1.165, 1.54) is 6.07 Å². The van der Waals surface area contributed by atoms with Crippen LogP contribution >= 0.6 is 0 Å². The normalized spacial score (nSPS) is 24.9. The van der Waals surface area contributed by atoms with Gasteiger partial charge in [-0.3, -0.25) is 0 Å². The third-order valence-electron chi connectivity index (χ3n) is 3.52. The van der Waals surface area contributed by atoms with Crippen LogP contribution in [0, 0.1) is 0 Å². The van der Waals surface area contributed by atoms with Crippen LogP contribution in [0.25, 0.3) is 0 Å². The molecule has 0 aromatic heterocycles. The Balaban J connectivity index is 2.11. The van der Waals surface area contributed by atoms with Gasteiger partial charge >= 0.3 is 5.97 Å². The molecule has 17 heavy (non-hydrogen) atoms. The Bertz CT molecular complexity index is 522. The molecule has 4 nitrogen and oxygen atoms in total. The van der Waals surface area contributed by atoms with E-state index in [-0.39, 0.29) is 17.2 Å². The number of benzene rings is 1. The lowest BCUT2D eigenvalue weighted by Crippen LogP contribution is -2.21. The molecule has 1 aromatic rings. The number of carboxylic acid groups (broad SMARTS) is 1. The number of aromatic hydroxyl groups is 1. The number of hydrogen-bond acceptors (Lipinski definition) is 3. The number of hydrogen-bond donors (Lipinski definition) is 3. The highest BCUT2D eigenvalue weighted by Gasteiger charge is 2.33. The van der Waals surface area contributed by atoms with Gasteiger partial charge in [-0.15, -0.1) is 0 Å². The van der Waals surface area contributed by atoms with Crippen LogP contribution in [0.5, 0.6) is 5.75 Å². The zero-order valence-electron chi connectivity index (χ0n) is 9.18. The number of nitrogens with one attached hydrogen (secondary N) is 1. The summed E-state index contributed by atoms with van der Waals surface area (Å²) in [6, 6.07) is 3.43. The predicted molar refractivity (Wildman–Crippen MR) is 63.6 cm³/mol. The first-order valence-electron chi connectivity index (χ1n) is 5.70. The zero-order chi connectivity index (χ0) is 12.0. The van der Waals surface area contributed by atoms with Gasteiger partial charge in [-0.2, -0.15) is 0 Å². The largest absolute Gasteiger partial charge is 0.507 e. The molecule has 0 fully saturated rings. The fourth-order valence-corrected chi connectivity index (χ4v) is 2.69. The van der Waals surface area contributed by atoms with Crippen molar-refractivity contribution in [1.29, 1.82) is 0 Å². The number of carbonyl (C=O) groups is 1. The molecule has 2 aliphatic rings. The van der Waals surface area contributed by atoms with E-state index < -0.39 is 5.97 Å². The first-order valence-corrected chi connectivity index (χ1v) is 5.70. The SMILES string of the molecule is O=C(O)c1cc2c(cc1O)NC1CCC=CC21. The lowest BCUT2D eigenvalue weighted by Gasteiger charge is -2.20. The number of rotatable bonds is 1. The molecule has 4 heteroatoms. The number of phenols is 1. The highest BCUT2D eigenvalue weighted by molar-refractivity contribution is 5.92. The van der Waals surface area contributed by atoms with E-state index in [9.17, 15) is 9.90 Å². The monoisotopic (exact) mass is 231 g/mol. The van der Waals surface area contributed by atoms with E-state index in [1.54, 1.807) is 6.07 Å². The van der Waals surface area contributed by atoms with Gasteiger partial charge in [0.05, 0.1) is 0 Å². The van der Waals surface area contributed by atoms with Gasteiger partial charge in [-0.05, 0) is 24.5 Å². The summed E-state index contributed by atoms with van der Waals surface area (Å²) in [6.07, 6.45) is 6.33. The lowest BCUT2D eigenvalue weighted by molar-refractivity contribution is 0.0693. The third-order valence-corrected chi connectivity index (χ3v) is 3.52. The third kappa shape index (κ3) is 1.48. The summed E-state index contributed by atoms with van der Waals surface area (Å²) in [5.74, 6) is -1.03. The first kappa shape index (κ1) is 10.2. The average molecular weight is 231 g/mol. The van der Waals surface area contributed by atoms with Gasteiger partial charge in [-0.1, -0.05) is 12.2 Å². The zero-order valence-corrected chi connectivity index (χ0v) is 9.18. The average Bonchev–Trinajstić information content (AvgIpc) is 2.64. The summed E-state index contributed by atoms with van der Waals surface area (Å²) < 4.78 is 0. The summed E-state index contributed by atoms with van der Waals surface area (Å²) in [7, 11) is 0. The van der Waals surface area contributed by atoms with Crippen LogP contribution in [-0.2, 0) is 0 Å². The number of aromatic carboxylic acids is 1. The molecule has 88 valence electrons. The van der Waals surface area contributed by atoms with Crippen molar-refractivity contribution in [2.24, 2.45) is 0 Å². The van der Waals surface area contributed by atoms with Crippen LogP contribution in [0.15, 0.2) is 24.3 Å². The topological polar surface area (TPSA) is 69.6 Å². The number of fused-ring (bicyclic) bond motifs is 3. The minimum atomic E-state index is -1.09. The van der Waals surface area contributed by atoms with Gasteiger partial charge < -0.3 is 15.5 Å². The van der Waals surface area contributed by atoms with Crippen molar-refractivity contribution in [1.82, 2.24) is 0 Å². The molecule has 2 unspecified atom stereocenters. The summed E-state index contributed by atoms with van der Waals surface area (Å²) in [5.41, 5.74) is 1.81. The maximum Gasteiger partial charge on any atom is 0.339 e. The standard InChI is InChI=1S/C13H13NO3/c15-12-6-11-8(5-9(12)13(16)17)7-3-1-2-4-10(7)14-11/h1,3,5-7,10,14-15H,2,4H2,(H,16,17). The molecule has 1 aliphatic carbocycles. The van der Waals surface area contributed by atoms with Gasteiger partial charge in [-0.25, -0.2) is 4.79 Å². The van der Waals surface area contributed by atoms with E-state index in [2.05, 4.69) is 17.5 Å². The maximum atomic E-state index is 11.0. The Kier molecular flexibility index (Phi) is 2.11. The molecule has 1 aromatic carbocycles. The molecule has 0 radical (unpaired) electrons. The van der Waals surface area contributed by atoms with Crippen LogP contribution < -0.4 is 5.32 Å². The van der Waals surface area contributed by atoms with Crippen LogP contribution in [-0.4, -0.2) is 22.2 Å². The van der Waals surface area contributed by atoms with Crippen molar-refractivity contribution in [3.63, 3.8) is 0 Å². The van der Waals surface area contributed by atoms with Crippen LogP contribution in [0.3, 0.4) is 0 Å². The van der Waals surface area contributed by atoms with Crippen molar-refractivity contribution >= 4 is 11.7 Å². The minimum absolute atomic E-state index is 0.0230. The van der Waals surface area contributed by atoms with E-state index in [1.807, 2.05) is 0 Å². The highest BCUT2D eigenvalue weighted by atomic mass is 16.4. The van der Waals surface area contributed by atoms with E-state index in [0.29, 0.717) is 6.04 Å². The maximum absolute atomic E-state index is 11.0. The molecule has 0 saturated heterocycles. The first-order chi connectivity index (χ1) is 8.16. The van der Waals surface area contributed by atoms with Crippen LogP contribution in [0.1, 0.15) is 34.7 Å². The molecular formula is C13H13NO3. The molecule has 0 amide bonds. The summed E-state index contributed by atoms with van der Waals surface area (Å²) in [4.78, 5) is 11.0. The molecule has 3 rings (SSSR count). The van der Waals surface area contributed by atoms with Crippen molar-refractivity contribution < 1.29 is 15.0 Å². The molecule has 3 N–H and O–H groups in total. The lowest BCUT2D eigenvalue weighted by atomic mass is 9.87. The molecular weight excluding hydrogens is 218 g/mol. The smallest absolute Gasteiger partial charge is 0.339 e.